The van der Waals surface area contributed by atoms with Crippen LogP contribution in [0.15, 0.2) is 48.5 Å². The molecule has 2 aromatic carbocycles. The molecule has 4 rings (SSSR count). The zero-order valence-electron chi connectivity index (χ0n) is 17.3. The molecule has 1 aromatic heterocycles. The first kappa shape index (κ1) is 20.3. The summed E-state index contributed by atoms with van der Waals surface area (Å²) in [4.78, 5) is 15.1. The quantitative estimate of drug-likeness (QED) is 0.586. The highest BCUT2D eigenvalue weighted by Crippen LogP contribution is 2.32. The number of methoxy groups -OCH3 is 1. The number of likely N-dealkylation sites (tertiary alicyclic amines) is 1. The lowest BCUT2D eigenvalue weighted by Crippen LogP contribution is -2.31. The third-order valence-corrected chi connectivity index (χ3v) is 6.00. The van der Waals surface area contributed by atoms with Gasteiger partial charge in [0.05, 0.1) is 13.2 Å². The average Bonchev–Trinajstić information content (AvgIpc) is 3.40. The fraction of sp³-hybridized carbons (Fsp3) is 0.348. The lowest BCUT2D eigenvalue weighted by atomic mass is 10.0. The molecule has 30 heavy (non-hydrogen) atoms. The standard InChI is InChI=1S/C23H26N4O2S/c1-16-5-7-17(8-6-16)20-4-3-14-26(20)21(28)13-15-27-22(24-25-23(27)30)18-9-11-19(29-2)12-10-18/h5-12,20H,3-4,13-15H2,1-2H3,(H,25,30). The van der Waals surface area contributed by atoms with E-state index in [4.69, 9.17) is 17.0 Å². The predicted molar refractivity (Wildman–Crippen MR) is 119 cm³/mol. The largest absolute Gasteiger partial charge is 0.497 e. The molecule has 1 saturated heterocycles. The van der Waals surface area contributed by atoms with Gasteiger partial charge in [-0.15, -0.1) is 0 Å². The SMILES string of the molecule is COc1ccc(-c2n[nH]c(=S)n2CCC(=O)N2CCCC2c2ccc(C)cc2)cc1. The summed E-state index contributed by atoms with van der Waals surface area (Å²) in [7, 11) is 1.64. The Kier molecular flexibility index (Phi) is 5.99. The van der Waals surface area contributed by atoms with Crippen molar-refractivity contribution in [3.05, 3.63) is 64.4 Å². The third kappa shape index (κ3) is 4.16. The summed E-state index contributed by atoms with van der Waals surface area (Å²) in [5, 5.41) is 7.22. The van der Waals surface area contributed by atoms with E-state index in [0.29, 0.717) is 17.7 Å². The van der Waals surface area contributed by atoms with Crippen LogP contribution in [0.2, 0.25) is 0 Å². The smallest absolute Gasteiger partial charge is 0.224 e. The number of hydrogen-bond donors (Lipinski definition) is 1. The van der Waals surface area contributed by atoms with Gasteiger partial charge in [-0.05, 0) is 61.8 Å². The Balaban J connectivity index is 1.48. The summed E-state index contributed by atoms with van der Waals surface area (Å²) in [6.07, 6.45) is 2.43. The molecule has 1 amide bonds. The average molecular weight is 423 g/mol. The van der Waals surface area contributed by atoms with Gasteiger partial charge in [0.2, 0.25) is 5.91 Å². The van der Waals surface area contributed by atoms with E-state index in [1.165, 1.54) is 11.1 Å². The van der Waals surface area contributed by atoms with E-state index in [1.54, 1.807) is 7.11 Å². The van der Waals surface area contributed by atoms with Crippen molar-refractivity contribution in [2.45, 2.75) is 38.8 Å². The zero-order valence-corrected chi connectivity index (χ0v) is 18.1. The minimum atomic E-state index is 0.154. The summed E-state index contributed by atoms with van der Waals surface area (Å²) in [5.74, 6) is 1.67. The number of H-pyrrole nitrogens is 1. The summed E-state index contributed by atoms with van der Waals surface area (Å²) in [6, 6.07) is 16.3. The molecule has 1 N–H and O–H groups in total. The minimum Gasteiger partial charge on any atom is -0.497 e. The number of nitrogens with one attached hydrogen (secondary N) is 1. The topological polar surface area (TPSA) is 63.1 Å². The van der Waals surface area contributed by atoms with Crippen LogP contribution in [0.4, 0.5) is 0 Å². The van der Waals surface area contributed by atoms with Crippen molar-refractivity contribution in [3.63, 3.8) is 0 Å². The molecule has 1 fully saturated rings. The molecule has 0 saturated carbocycles. The van der Waals surface area contributed by atoms with Gasteiger partial charge in [0.25, 0.3) is 0 Å². The van der Waals surface area contributed by atoms with E-state index in [1.807, 2.05) is 33.7 Å². The third-order valence-electron chi connectivity index (χ3n) is 5.69. The molecule has 1 aliphatic heterocycles. The van der Waals surface area contributed by atoms with Gasteiger partial charge < -0.3 is 9.64 Å². The predicted octanol–water partition coefficient (Wildman–Crippen LogP) is 4.68. The molecular formula is C23H26N4O2S. The molecule has 156 valence electrons. The van der Waals surface area contributed by atoms with E-state index >= 15 is 0 Å². The monoisotopic (exact) mass is 422 g/mol. The minimum absolute atomic E-state index is 0.154. The fourth-order valence-electron chi connectivity index (χ4n) is 4.04. The first-order valence-corrected chi connectivity index (χ1v) is 10.6. The molecule has 0 aliphatic carbocycles. The highest BCUT2D eigenvalue weighted by Gasteiger charge is 2.29. The number of benzene rings is 2. The van der Waals surface area contributed by atoms with Crippen LogP contribution in [0.5, 0.6) is 5.75 Å². The van der Waals surface area contributed by atoms with Gasteiger partial charge in [-0.25, -0.2) is 0 Å². The highest BCUT2D eigenvalue weighted by molar-refractivity contribution is 7.71. The van der Waals surface area contributed by atoms with Crippen LogP contribution in [0.1, 0.15) is 36.4 Å². The first-order chi connectivity index (χ1) is 14.6. The van der Waals surface area contributed by atoms with Crippen molar-refractivity contribution in [2.75, 3.05) is 13.7 Å². The molecular weight excluding hydrogens is 396 g/mol. The van der Waals surface area contributed by atoms with Gasteiger partial charge in [-0.3, -0.25) is 14.5 Å². The van der Waals surface area contributed by atoms with Crippen LogP contribution in [0.3, 0.4) is 0 Å². The van der Waals surface area contributed by atoms with E-state index in [9.17, 15) is 4.79 Å². The number of amides is 1. The van der Waals surface area contributed by atoms with Crippen molar-refractivity contribution < 1.29 is 9.53 Å². The van der Waals surface area contributed by atoms with Crippen LogP contribution < -0.4 is 4.74 Å². The Hall–Kier alpha value is -2.93. The lowest BCUT2D eigenvalue weighted by Gasteiger charge is -2.25. The molecule has 7 heteroatoms. The lowest BCUT2D eigenvalue weighted by molar-refractivity contribution is -0.132. The van der Waals surface area contributed by atoms with Crippen LogP contribution in [-0.2, 0) is 11.3 Å². The molecule has 0 spiro atoms. The van der Waals surface area contributed by atoms with Crippen molar-refractivity contribution >= 4 is 18.1 Å². The second-order valence-electron chi connectivity index (χ2n) is 7.64. The van der Waals surface area contributed by atoms with E-state index in [2.05, 4.69) is 41.4 Å². The molecule has 1 atom stereocenters. The molecule has 1 aliphatic rings. The van der Waals surface area contributed by atoms with Gasteiger partial charge in [-0.2, -0.15) is 5.10 Å². The number of rotatable bonds is 6. The number of aromatic nitrogens is 3. The molecule has 6 nitrogen and oxygen atoms in total. The molecule has 1 unspecified atom stereocenters. The maximum atomic E-state index is 13.1. The number of carbonyl (C=O) groups is 1. The fourth-order valence-corrected chi connectivity index (χ4v) is 4.26. The van der Waals surface area contributed by atoms with E-state index < -0.39 is 0 Å². The Morgan fingerprint density at radius 1 is 1.20 bits per heavy atom. The summed E-state index contributed by atoms with van der Waals surface area (Å²) >= 11 is 5.42. The van der Waals surface area contributed by atoms with Gasteiger partial charge >= 0.3 is 0 Å². The van der Waals surface area contributed by atoms with Crippen LogP contribution in [0.25, 0.3) is 11.4 Å². The van der Waals surface area contributed by atoms with E-state index in [-0.39, 0.29) is 11.9 Å². The number of hydrogen-bond acceptors (Lipinski definition) is 4. The number of aryl methyl sites for hydroxylation is 1. The second kappa shape index (κ2) is 8.83. The number of aromatic amines is 1. The Morgan fingerprint density at radius 3 is 2.63 bits per heavy atom. The van der Waals surface area contributed by atoms with Gasteiger partial charge in [-0.1, -0.05) is 29.8 Å². The summed E-state index contributed by atoms with van der Waals surface area (Å²) in [6.45, 7) is 3.38. The molecule has 3 aromatic rings. The maximum absolute atomic E-state index is 13.1. The van der Waals surface area contributed by atoms with Crippen LogP contribution in [0, 0.1) is 11.7 Å². The second-order valence-corrected chi connectivity index (χ2v) is 8.03. The first-order valence-electron chi connectivity index (χ1n) is 10.2. The molecule has 2 heterocycles. The normalized spacial score (nSPS) is 16.1. The van der Waals surface area contributed by atoms with Crippen molar-refractivity contribution in [1.29, 1.82) is 0 Å². The Bertz CT molecular complexity index is 1070. The van der Waals surface area contributed by atoms with Crippen LogP contribution >= 0.6 is 12.2 Å². The van der Waals surface area contributed by atoms with Crippen molar-refractivity contribution in [3.8, 4) is 17.1 Å². The van der Waals surface area contributed by atoms with Gasteiger partial charge in [0.15, 0.2) is 10.6 Å². The molecule has 0 bridgehead atoms. The zero-order chi connectivity index (χ0) is 21.1. The van der Waals surface area contributed by atoms with Gasteiger partial charge in [0.1, 0.15) is 5.75 Å². The van der Waals surface area contributed by atoms with E-state index in [0.717, 1.165) is 36.5 Å². The van der Waals surface area contributed by atoms with Crippen molar-refractivity contribution in [1.82, 2.24) is 19.7 Å². The van der Waals surface area contributed by atoms with Gasteiger partial charge in [0, 0.05) is 25.1 Å². The van der Waals surface area contributed by atoms with Crippen molar-refractivity contribution in [2.24, 2.45) is 0 Å². The maximum Gasteiger partial charge on any atom is 0.224 e. The summed E-state index contributed by atoms with van der Waals surface area (Å²) in [5.41, 5.74) is 3.37. The Labute approximate surface area is 181 Å². The summed E-state index contributed by atoms with van der Waals surface area (Å²) < 4.78 is 7.64. The Morgan fingerprint density at radius 2 is 1.93 bits per heavy atom. The highest BCUT2D eigenvalue weighted by atomic mass is 32.1. The number of ether oxygens (including phenoxy) is 1. The number of carbonyl (C=O) groups excluding carboxylic acids is 1. The number of nitrogens with zero attached hydrogens (tertiary/aromatic N) is 3. The van der Waals surface area contributed by atoms with Crippen LogP contribution in [-0.4, -0.2) is 39.2 Å². The molecule has 0 radical (unpaired) electrons.